The van der Waals surface area contributed by atoms with E-state index in [1.54, 1.807) is 0 Å². The van der Waals surface area contributed by atoms with E-state index in [1.807, 2.05) is 13.8 Å². The van der Waals surface area contributed by atoms with Crippen molar-refractivity contribution in [2.45, 2.75) is 59.6 Å². The molecule has 1 atom stereocenters. The smallest absolute Gasteiger partial charge is 0.323 e. The van der Waals surface area contributed by atoms with Gasteiger partial charge in [-0.1, -0.05) is 26.7 Å². The Morgan fingerprint density at radius 1 is 1.11 bits per heavy atom. The Morgan fingerprint density at radius 2 is 1.74 bits per heavy atom. The van der Waals surface area contributed by atoms with Gasteiger partial charge in [-0.05, 0) is 26.7 Å². The molecule has 3 N–H and O–H groups in total. The SMILES string of the molecule is CCC(CC)C(C)Nc1nc(N)nc(OC(C)C)n1. The third-order valence-corrected chi connectivity index (χ3v) is 3.09. The van der Waals surface area contributed by atoms with Crippen molar-refractivity contribution in [3.63, 3.8) is 0 Å². The zero-order valence-electron chi connectivity index (χ0n) is 12.5. The summed E-state index contributed by atoms with van der Waals surface area (Å²) in [6.07, 6.45) is 2.23. The molecule has 0 aliphatic carbocycles. The average Bonchev–Trinajstić information content (AvgIpc) is 2.28. The van der Waals surface area contributed by atoms with E-state index in [1.165, 1.54) is 0 Å². The van der Waals surface area contributed by atoms with Crippen LogP contribution in [0.1, 0.15) is 47.5 Å². The number of nitrogen functional groups attached to an aromatic ring is 1. The number of nitrogens with two attached hydrogens (primary N) is 1. The minimum absolute atomic E-state index is 0.00565. The molecule has 1 rings (SSSR count). The summed E-state index contributed by atoms with van der Waals surface area (Å²) < 4.78 is 5.45. The number of ether oxygens (including phenoxy) is 1. The Morgan fingerprint density at radius 3 is 2.26 bits per heavy atom. The van der Waals surface area contributed by atoms with E-state index in [9.17, 15) is 0 Å². The van der Waals surface area contributed by atoms with Gasteiger partial charge in [0.1, 0.15) is 0 Å². The maximum absolute atomic E-state index is 5.67. The van der Waals surface area contributed by atoms with E-state index in [4.69, 9.17) is 10.5 Å². The first-order valence-corrected chi connectivity index (χ1v) is 6.90. The normalized spacial score (nSPS) is 12.8. The highest BCUT2D eigenvalue weighted by Gasteiger charge is 2.15. The van der Waals surface area contributed by atoms with Crippen molar-refractivity contribution < 1.29 is 4.74 Å². The van der Waals surface area contributed by atoms with Crippen molar-refractivity contribution in [2.75, 3.05) is 11.1 Å². The fourth-order valence-electron chi connectivity index (χ4n) is 2.02. The molecule has 19 heavy (non-hydrogen) atoms. The van der Waals surface area contributed by atoms with Gasteiger partial charge >= 0.3 is 6.01 Å². The maximum Gasteiger partial charge on any atom is 0.323 e. The average molecular weight is 267 g/mol. The number of nitrogens with zero attached hydrogens (tertiary/aromatic N) is 3. The van der Waals surface area contributed by atoms with E-state index in [-0.39, 0.29) is 24.1 Å². The molecule has 0 radical (unpaired) electrons. The van der Waals surface area contributed by atoms with Crippen molar-refractivity contribution in [3.8, 4) is 6.01 Å². The molecule has 0 saturated carbocycles. The molecule has 0 amide bonds. The predicted octanol–water partition coefficient (Wildman–Crippen LogP) is 2.48. The molecule has 6 nitrogen and oxygen atoms in total. The van der Waals surface area contributed by atoms with Crippen LogP contribution in [0, 0.1) is 5.92 Å². The molecule has 108 valence electrons. The first-order valence-electron chi connectivity index (χ1n) is 6.90. The highest BCUT2D eigenvalue weighted by atomic mass is 16.5. The van der Waals surface area contributed by atoms with Gasteiger partial charge in [-0.2, -0.15) is 15.0 Å². The van der Waals surface area contributed by atoms with E-state index < -0.39 is 0 Å². The molecule has 6 heteroatoms. The molecule has 0 fully saturated rings. The summed E-state index contributed by atoms with van der Waals surface area (Å²) in [6, 6.07) is 0.547. The Kier molecular flexibility index (Phi) is 5.79. The number of anilines is 2. The van der Waals surface area contributed by atoms with Crippen LogP contribution in [0.25, 0.3) is 0 Å². The van der Waals surface area contributed by atoms with E-state index in [2.05, 4.69) is 41.0 Å². The number of hydrogen-bond acceptors (Lipinski definition) is 6. The van der Waals surface area contributed by atoms with Gasteiger partial charge in [0.25, 0.3) is 0 Å². The van der Waals surface area contributed by atoms with Crippen LogP contribution >= 0.6 is 0 Å². The van der Waals surface area contributed by atoms with E-state index >= 15 is 0 Å². The topological polar surface area (TPSA) is 86.0 Å². The second kappa shape index (κ2) is 7.11. The lowest BCUT2D eigenvalue weighted by molar-refractivity contribution is 0.222. The number of aromatic nitrogens is 3. The number of hydrogen-bond donors (Lipinski definition) is 2. The zero-order chi connectivity index (χ0) is 14.4. The summed E-state index contributed by atoms with van der Waals surface area (Å²) in [5, 5.41) is 3.28. The maximum atomic E-state index is 5.67. The molecule has 0 saturated heterocycles. The largest absolute Gasteiger partial charge is 0.461 e. The van der Waals surface area contributed by atoms with Crippen molar-refractivity contribution >= 4 is 11.9 Å². The van der Waals surface area contributed by atoms with Crippen molar-refractivity contribution in [1.82, 2.24) is 15.0 Å². The lowest BCUT2D eigenvalue weighted by Crippen LogP contribution is -2.26. The van der Waals surface area contributed by atoms with Crippen LogP contribution in [-0.4, -0.2) is 27.1 Å². The van der Waals surface area contributed by atoms with Crippen LogP contribution in [0.3, 0.4) is 0 Å². The molecule has 1 aromatic heterocycles. The summed E-state index contributed by atoms with van der Waals surface area (Å²) in [7, 11) is 0. The molecule has 0 spiro atoms. The fraction of sp³-hybridized carbons (Fsp3) is 0.769. The minimum atomic E-state index is 0.00565. The van der Waals surface area contributed by atoms with Crippen LogP contribution in [-0.2, 0) is 0 Å². The van der Waals surface area contributed by atoms with Gasteiger partial charge in [0, 0.05) is 6.04 Å². The first kappa shape index (κ1) is 15.5. The van der Waals surface area contributed by atoms with Gasteiger partial charge in [0.05, 0.1) is 6.10 Å². The quantitative estimate of drug-likeness (QED) is 0.789. The molecular weight excluding hydrogens is 242 g/mol. The van der Waals surface area contributed by atoms with Crippen LogP contribution in [0.2, 0.25) is 0 Å². The van der Waals surface area contributed by atoms with Crippen molar-refractivity contribution in [3.05, 3.63) is 0 Å². The summed E-state index contributed by atoms with van der Waals surface area (Å²) >= 11 is 0. The predicted molar refractivity (Wildman–Crippen MR) is 77.2 cm³/mol. The number of nitrogens with one attached hydrogen (secondary N) is 1. The molecule has 0 aromatic carbocycles. The molecule has 0 aliphatic rings. The van der Waals surface area contributed by atoms with Gasteiger partial charge in [-0.25, -0.2) is 0 Å². The van der Waals surface area contributed by atoms with Crippen LogP contribution < -0.4 is 15.8 Å². The van der Waals surface area contributed by atoms with Gasteiger partial charge in [-0.15, -0.1) is 0 Å². The second-order valence-corrected chi connectivity index (χ2v) is 4.98. The highest BCUT2D eigenvalue weighted by Crippen LogP contribution is 2.17. The Hall–Kier alpha value is -1.59. The molecule has 0 aliphatic heterocycles. The van der Waals surface area contributed by atoms with Crippen LogP contribution in [0.4, 0.5) is 11.9 Å². The molecular formula is C13H25N5O. The summed E-state index contributed by atoms with van der Waals surface area (Å²) in [5.74, 6) is 1.22. The summed E-state index contributed by atoms with van der Waals surface area (Å²) in [5.41, 5.74) is 5.67. The standard InChI is InChI=1S/C13H25N5O/c1-6-10(7-2)9(5)15-12-16-11(14)17-13(18-12)19-8(3)4/h8-10H,6-7H2,1-5H3,(H3,14,15,16,17,18). The minimum Gasteiger partial charge on any atom is -0.461 e. The van der Waals surface area contributed by atoms with Crippen LogP contribution in [0.15, 0.2) is 0 Å². The Bertz CT molecular complexity index is 393. The molecule has 1 aromatic rings. The lowest BCUT2D eigenvalue weighted by Gasteiger charge is -2.22. The van der Waals surface area contributed by atoms with Crippen molar-refractivity contribution in [2.24, 2.45) is 5.92 Å². The zero-order valence-corrected chi connectivity index (χ0v) is 12.5. The third-order valence-electron chi connectivity index (χ3n) is 3.09. The third kappa shape index (κ3) is 4.89. The monoisotopic (exact) mass is 267 g/mol. The number of rotatable bonds is 7. The first-order chi connectivity index (χ1) is 8.96. The summed E-state index contributed by atoms with van der Waals surface area (Å²) in [6.45, 7) is 10.3. The Labute approximate surface area is 115 Å². The van der Waals surface area contributed by atoms with Gasteiger partial charge < -0.3 is 15.8 Å². The van der Waals surface area contributed by atoms with E-state index in [0.717, 1.165) is 12.8 Å². The van der Waals surface area contributed by atoms with Crippen molar-refractivity contribution in [1.29, 1.82) is 0 Å². The molecule has 1 heterocycles. The van der Waals surface area contributed by atoms with Gasteiger partial charge in [0.2, 0.25) is 11.9 Å². The van der Waals surface area contributed by atoms with Gasteiger partial charge in [0.15, 0.2) is 0 Å². The van der Waals surface area contributed by atoms with E-state index in [0.29, 0.717) is 11.9 Å². The fourth-order valence-corrected chi connectivity index (χ4v) is 2.02. The molecule has 1 unspecified atom stereocenters. The highest BCUT2D eigenvalue weighted by molar-refractivity contribution is 5.33. The lowest BCUT2D eigenvalue weighted by atomic mass is 9.96. The second-order valence-electron chi connectivity index (χ2n) is 4.98. The molecule has 0 bridgehead atoms. The summed E-state index contributed by atoms with van der Waals surface area (Å²) in [4.78, 5) is 12.3. The van der Waals surface area contributed by atoms with Gasteiger partial charge in [-0.3, -0.25) is 0 Å². The van der Waals surface area contributed by atoms with Crippen LogP contribution in [0.5, 0.6) is 6.01 Å². The Balaban J connectivity index is 2.80.